The smallest absolute Gasteiger partial charge is 0.301 e. The molecule has 0 saturated carbocycles. The summed E-state index contributed by atoms with van der Waals surface area (Å²) in [5.41, 5.74) is 0. The summed E-state index contributed by atoms with van der Waals surface area (Å²) in [6, 6.07) is 0. The Morgan fingerprint density at radius 2 is 1.93 bits per heavy atom. The van der Waals surface area contributed by atoms with Gasteiger partial charge in [0, 0.05) is 6.92 Å². The van der Waals surface area contributed by atoms with Crippen LogP contribution in [0.3, 0.4) is 0 Å². The van der Waals surface area contributed by atoms with Crippen molar-refractivity contribution < 1.29 is 72.3 Å². The Labute approximate surface area is 135 Å². The Morgan fingerprint density at radius 3 is 2.27 bits per heavy atom. The van der Waals surface area contributed by atoms with Gasteiger partial charge in [0.25, 0.3) is 10.0 Å². The molecule has 0 spiro atoms. The number of sulfonamides is 1. The molecule has 0 aliphatic carbocycles. The minimum Gasteiger partial charge on any atom is -0.301 e. The second kappa shape index (κ2) is 7.30. The number of hydrogen-bond donors (Lipinski definition) is 2. The minimum atomic E-state index is -3.82. The number of carbonyl (C=O) groups excluding carboxylic acids is 1. The number of anilines is 1. The maximum atomic E-state index is 10.7. The molecule has 0 saturated heterocycles. The van der Waals surface area contributed by atoms with Gasteiger partial charge in [-0.1, -0.05) is 11.3 Å². The van der Waals surface area contributed by atoms with Gasteiger partial charge in [-0.3, -0.25) is 4.79 Å². The molecule has 0 aliphatic rings. The van der Waals surface area contributed by atoms with Crippen LogP contribution in [0.15, 0.2) is 4.34 Å². The van der Waals surface area contributed by atoms with Crippen molar-refractivity contribution in [3.8, 4) is 0 Å². The predicted molar refractivity (Wildman–Crippen MR) is 45.6 cm³/mol. The Bertz CT molecular complexity index is 431. The standard InChI is InChI=1S/C4H6N4O3S2.2Na/c1-2(9)6-3-7-8-4(12-3)13(5,10)11;;/h1H3,(H2,5,10,11)(H,6,7,9);;/q;2*+1. The molecule has 0 bridgehead atoms. The van der Waals surface area contributed by atoms with Crippen LogP contribution in [0.2, 0.25) is 0 Å². The van der Waals surface area contributed by atoms with Gasteiger partial charge in [-0.15, -0.1) is 10.2 Å². The van der Waals surface area contributed by atoms with E-state index in [0.29, 0.717) is 11.3 Å². The quantitative estimate of drug-likeness (QED) is 0.408. The third-order valence-electron chi connectivity index (χ3n) is 0.933. The van der Waals surface area contributed by atoms with Gasteiger partial charge < -0.3 is 5.32 Å². The Hall–Kier alpha value is 0.940. The van der Waals surface area contributed by atoms with Crippen molar-refractivity contribution in [2.75, 3.05) is 5.32 Å². The molecule has 11 heteroatoms. The summed E-state index contributed by atoms with van der Waals surface area (Å²) < 4.78 is 21.1. The van der Waals surface area contributed by atoms with Gasteiger partial charge >= 0.3 is 59.1 Å². The van der Waals surface area contributed by atoms with Crippen LogP contribution in [0, 0.1) is 0 Å². The summed E-state index contributed by atoms with van der Waals surface area (Å²) in [4.78, 5) is 10.5. The number of rotatable bonds is 2. The zero-order valence-corrected chi connectivity index (χ0v) is 14.1. The number of primary sulfonamides is 1. The second-order valence-corrected chi connectivity index (χ2v) is 4.81. The first kappa shape index (κ1) is 18.3. The summed E-state index contributed by atoms with van der Waals surface area (Å²) in [6.45, 7) is 1.28. The molecule has 1 rings (SSSR count). The van der Waals surface area contributed by atoms with Crippen LogP contribution >= 0.6 is 11.3 Å². The number of nitrogens with one attached hydrogen (secondary N) is 1. The minimum absolute atomic E-state index is 0. The molecule has 0 fully saturated rings. The zero-order chi connectivity index (χ0) is 10.1. The number of nitrogens with two attached hydrogens (primary N) is 1. The summed E-state index contributed by atoms with van der Waals surface area (Å²) >= 11 is 0.701. The van der Waals surface area contributed by atoms with Crippen molar-refractivity contribution >= 4 is 32.4 Å². The summed E-state index contributed by atoms with van der Waals surface area (Å²) in [7, 11) is -3.82. The molecular formula is C4H6N4Na2O3S2+2. The van der Waals surface area contributed by atoms with Crippen molar-refractivity contribution in [1.29, 1.82) is 0 Å². The fraction of sp³-hybridized carbons (Fsp3) is 0.250. The Kier molecular flexibility index (Phi) is 8.91. The third-order valence-corrected chi connectivity index (χ3v) is 3.08. The predicted octanol–water partition coefficient (Wildman–Crippen LogP) is -6.85. The normalized spacial score (nSPS) is 9.73. The van der Waals surface area contributed by atoms with Crippen molar-refractivity contribution in [1.82, 2.24) is 10.2 Å². The molecule has 7 nitrogen and oxygen atoms in total. The number of amides is 1. The number of aromatic nitrogens is 2. The maximum absolute atomic E-state index is 10.7. The van der Waals surface area contributed by atoms with Crippen LogP contribution in [0.4, 0.5) is 5.13 Å². The van der Waals surface area contributed by atoms with Gasteiger partial charge in [0.15, 0.2) is 0 Å². The van der Waals surface area contributed by atoms with E-state index in [2.05, 4.69) is 15.5 Å². The molecular weight excluding hydrogens is 262 g/mol. The van der Waals surface area contributed by atoms with Gasteiger partial charge in [0.05, 0.1) is 0 Å². The SMILES string of the molecule is CC(=O)Nc1nnc(S(N)(=O)=O)s1.[Na+].[Na+]. The van der Waals surface area contributed by atoms with Gasteiger partial charge in [-0.2, -0.15) is 0 Å². The molecule has 1 amide bonds. The second-order valence-electron chi connectivity index (χ2n) is 2.10. The van der Waals surface area contributed by atoms with Gasteiger partial charge in [-0.05, 0) is 0 Å². The number of carbonyl (C=O) groups is 1. The first-order valence-electron chi connectivity index (χ1n) is 3.03. The summed E-state index contributed by atoms with van der Waals surface area (Å²) in [5.74, 6) is -0.350. The number of nitrogens with zero attached hydrogens (tertiary/aromatic N) is 2. The third kappa shape index (κ3) is 6.29. The van der Waals surface area contributed by atoms with E-state index in [-0.39, 0.29) is 74.5 Å². The van der Waals surface area contributed by atoms with Crippen LogP contribution in [0.25, 0.3) is 0 Å². The monoisotopic (exact) mass is 268 g/mol. The molecule has 1 heterocycles. The van der Waals surface area contributed by atoms with Crippen molar-refractivity contribution in [3.63, 3.8) is 0 Å². The van der Waals surface area contributed by atoms with E-state index in [1.165, 1.54) is 6.92 Å². The Balaban J connectivity index is 0. The zero-order valence-electron chi connectivity index (χ0n) is 8.51. The fourth-order valence-electron chi connectivity index (χ4n) is 0.526. The number of hydrogen-bond acceptors (Lipinski definition) is 6. The molecule has 1 aromatic heterocycles. The topological polar surface area (TPSA) is 115 Å². The molecule has 0 atom stereocenters. The average Bonchev–Trinajstić information content (AvgIpc) is 2.32. The van der Waals surface area contributed by atoms with E-state index in [4.69, 9.17) is 5.14 Å². The molecule has 72 valence electrons. The van der Waals surface area contributed by atoms with Gasteiger partial charge in [0.1, 0.15) is 0 Å². The van der Waals surface area contributed by atoms with E-state index in [1.54, 1.807) is 0 Å². The van der Waals surface area contributed by atoms with Crippen molar-refractivity contribution in [2.45, 2.75) is 11.3 Å². The molecule has 0 unspecified atom stereocenters. The van der Waals surface area contributed by atoms with Crippen LogP contribution in [0.1, 0.15) is 6.92 Å². The van der Waals surface area contributed by atoms with Crippen LogP contribution in [-0.4, -0.2) is 24.5 Å². The largest absolute Gasteiger partial charge is 1.00 e. The molecule has 0 radical (unpaired) electrons. The molecule has 15 heavy (non-hydrogen) atoms. The fourth-order valence-corrected chi connectivity index (χ4v) is 1.91. The first-order valence-corrected chi connectivity index (χ1v) is 5.40. The summed E-state index contributed by atoms with van der Waals surface area (Å²) in [6.07, 6.45) is 0. The van der Waals surface area contributed by atoms with Crippen LogP contribution < -0.4 is 69.6 Å². The van der Waals surface area contributed by atoms with E-state index >= 15 is 0 Å². The maximum Gasteiger partial charge on any atom is 1.00 e. The Morgan fingerprint density at radius 1 is 1.40 bits per heavy atom. The van der Waals surface area contributed by atoms with E-state index in [0.717, 1.165) is 0 Å². The van der Waals surface area contributed by atoms with Crippen LogP contribution in [-0.2, 0) is 14.8 Å². The van der Waals surface area contributed by atoms with Crippen molar-refractivity contribution in [3.05, 3.63) is 0 Å². The molecule has 0 aromatic carbocycles. The van der Waals surface area contributed by atoms with Crippen LogP contribution in [0.5, 0.6) is 0 Å². The molecule has 0 aliphatic heterocycles. The van der Waals surface area contributed by atoms with E-state index in [1.807, 2.05) is 0 Å². The van der Waals surface area contributed by atoms with E-state index in [9.17, 15) is 13.2 Å². The van der Waals surface area contributed by atoms with Gasteiger partial charge in [0.2, 0.25) is 15.4 Å². The first-order chi connectivity index (χ1) is 5.89. The summed E-state index contributed by atoms with van der Waals surface area (Å²) in [5, 5.41) is 13.8. The average molecular weight is 268 g/mol. The molecule has 3 N–H and O–H groups in total. The van der Waals surface area contributed by atoms with E-state index < -0.39 is 10.0 Å². The molecule has 1 aromatic rings. The van der Waals surface area contributed by atoms with Gasteiger partial charge in [-0.25, -0.2) is 13.6 Å². The van der Waals surface area contributed by atoms with Crippen molar-refractivity contribution in [2.24, 2.45) is 5.14 Å².